The molecule has 2 atom stereocenters. The quantitative estimate of drug-likeness (QED) is 0.780. The summed E-state index contributed by atoms with van der Waals surface area (Å²) in [7, 11) is 0. The number of benzene rings is 1. The van der Waals surface area contributed by atoms with Crippen LogP contribution in [0.15, 0.2) is 30.3 Å². The third kappa shape index (κ3) is 2.38. The Balaban J connectivity index is 2.24. The SMILES string of the molecule is FC(F)(F)[C@H]1CNCC[C@H]1c1ccccc1. The van der Waals surface area contributed by atoms with Gasteiger partial charge in [-0.05, 0) is 24.4 Å². The highest BCUT2D eigenvalue weighted by atomic mass is 19.4. The fourth-order valence-corrected chi connectivity index (χ4v) is 2.30. The molecule has 16 heavy (non-hydrogen) atoms. The Bertz CT molecular complexity index is 334. The zero-order chi connectivity index (χ0) is 11.6. The van der Waals surface area contributed by atoms with E-state index in [2.05, 4.69) is 5.32 Å². The van der Waals surface area contributed by atoms with Gasteiger partial charge in [0.05, 0.1) is 5.92 Å². The van der Waals surface area contributed by atoms with E-state index in [9.17, 15) is 13.2 Å². The summed E-state index contributed by atoms with van der Waals surface area (Å²) in [6, 6.07) is 8.99. The van der Waals surface area contributed by atoms with Crippen LogP contribution in [0.25, 0.3) is 0 Å². The van der Waals surface area contributed by atoms with Crippen molar-refractivity contribution < 1.29 is 13.2 Å². The van der Waals surface area contributed by atoms with Crippen molar-refractivity contribution in [2.45, 2.75) is 18.5 Å². The highest BCUT2D eigenvalue weighted by molar-refractivity contribution is 5.21. The predicted molar refractivity (Wildman–Crippen MR) is 56.2 cm³/mol. The first-order chi connectivity index (χ1) is 7.59. The summed E-state index contributed by atoms with van der Waals surface area (Å²) in [4.78, 5) is 0. The molecule has 0 unspecified atom stereocenters. The van der Waals surface area contributed by atoms with Crippen molar-refractivity contribution in [2.24, 2.45) is 5.92 Å². The van der Waals surface area contributed by atoms with Gasteiger partial charge in [0, 0.05) is 6.54 Å². The number of nitrogens with one attached hydrogen (secondary N) is 1. The monoisotopic (exact) mass is 229 g/mol. The number of piperidine rings is 1. The smallest absolute Gasteiger partial charge is 0.316 e. The van der Waals surface area contributed by atoms with Crippen LogP contribution in [-0.2, 0) is 0 Å². The Hall–Kier alpha value is -1.03. The number of rotatable bonds is 1. The number of halogens is 3. The molecule has 0 saturated carbocycles. The normalized spacial score (nSPS) is 26.7. The number of hydrogen-bond donors (Lipinski definition) is 1. The largest absolute Gasteiger partial charge is 0.393 e. The zero-order valence-corrected chi connectivity index (χ0v) is 8.80. The molecule has 1 aliphatic rings. The summed E-state index contributed by atoms with van der Waals surface area (Å²) in [5.74, 6) is -1.66. The van der Waals surface area contributed by atoms with Gasteiger partial charge in [-0.1, -0.05) is 30.3 Å². The zero-order valence-electron chi connectivity index (χ0n) is 8.80. The summed E-state index contributed by atoms with van der Waals surface area (Å²) in [6.45, 7) is 0.690. The minimum Gasteiger partial charge on any atom is -0.316 e. The van der Waals surface area contributed by atoms with Gasteiger partial charge < -0.3 is 5.32 Å². The summed E-state index contributed by atoms with van der Waals surface area (Å²) in [5.41, 5.74) is 0.798. The van der Waals surface area contributed by atoms with Gasteiger partial charge in [0.2, 0.25) is 0 Å². The van der Waals surface area contributed by atoms with Crippen LogP contribution in [0.1, 0.15) is 17.9 Å². The summed E-state index contributed by atoms with van der Waals surface area (Å²) < 4.78 is 38.5. The molecule has 0 radical (unpaired) electrons. The second-order valence-electron chi connectivity index (χ2n) is 4.16. The maximum Gasteiger partial charge on any atom is 0.393 e. The molecule has 0 amide bonds. The molecular weight excluding hydrogens is 215 g/mol. The third-order valence-electron chi connectivity index (χ3n) is 3.13. The van der Waals surface area contributed by atoms with Gasteiger partial charge in [-0.3, -0.25) is 0 Å². The Labute approximate surface area is 92.7 Å². The maximum absolute atomic E-state index is 12.8. The molecule has 1 saturated heterocycles. The minimum absolute atomic E-state index is 0.0308. The molecule has 1 aromatic rings. The van der Waals surface area contributed by atoms with Gasteiger partial charge in [-0.15, -0.1) is 0 Å². The lowest BCUT2D eigenvalue weighted by Gasteiger charge is -2.33. The van der Waals surface area contributed by atoms with Gasteiger partial charge in [0.25, 0.3) is 0 Å². The van der Waals surface area contributed by atoms with Crippen molar-refractivity contribution in [3.8, 4) is 0 Å². The second kappa shape index (κ2) is 4.45. The first-order valence-corrected chi connectivity index (χ1v) is 5.41. The predicted octanol–water partition coefficient (Wildman–Crippen LogP) is 2.94. The molecule has 1 N–H and O–H groups in total. The highest BCUT2D eigenvalue weighted by Gasteiger charge is 2.45. The van der Waals surface area contributed by atoms with Gasteiger partial charge in [0.1, 0.15) is 0 Å². The van der Waals surface area contributed by atoms with E-state index >= 15 is 0 Å². The molecule has 4 heteroatoms. The Morgan fingerprint density at radius 2 is 1.81 bits per heavy atom. The first-order valence-electron chi connectivity index (χ1n) is 5.41. The molecule has 2 rings (SSSR count). The number of alkyl halides is 3. The molecule has 0 aromatic heterocycles. The van der Waals surface area contributed by atoms with E-state index < -0.39 is 18.0 Å². The van der Waals surface area contributed by atoms with Crippen molar-refractivity contribution in [3.63, 3.8) is 0 Å². The Morgan fingerprint density at radius 1 is 1.12 bits per heavy atom. The van der Waals surface area contributed by atoms with Crippen LogP contribution in [-0.4, -0.2) is 19.3 Å². The fraction of sp³-hybridized carbons (Fsp3) is 0.500. The molecule has 1 fully saturated rings. The van der Waals surface area contributed by atoms with E-state index in [1.165, 1.54) is 0 Å². The average Bonchev–Trinajstić information content (AvgIpc) is 2.29. The molecule has 88 valence electrons. The molecule has 0 bridgehead atoms. The summed E-state index contributed by atoms with van der Waals surface area (Å²) in [5, 5.41) is 2.82. The van der Waals surface area contributed by atoms with Crippen molar-refractivity contribution in [3.05, 3.63) is 35.9 Å². The minimum atomic E-state index is -4.12. The van der Waals surface area contributed by atoms with Gasteiger partial charge in [-0.25, -0.2) is 0 Å². The molecule has 1 nitrogen and oxygen atoms in total. The molecule has 1 heterocycles. The van der Waals surface area contributed by atoms with Crippen molar-refractivity contribution in [1.82, 2.24) is 5.32 Å². The van der Waals surface area contributed by atoms with Crippen LogP contribution < -0.4 is 5.32 Å². The van der Waals surface area contributed by atoms with Gasteiger partial charge >= 0.3 is 6.18 Å². The summed E-state index contributed by atoms with van der Waals surface area (Å²) in [6.07, 6.45) is -3.57. The van der Waals surface area contributed by atoms with Crippen LogP contribution in [0, 0.1) is 5.92 Å². The van der Waals surface area contributed by atoms with Crippen molar-refractivity contribution >= 4 is 0 Å². The summed E-state index contributed by atoms with van der Waals surface area (Å²) >= 11 is 0. The lowest BCUT2D eigenvalue weighted by atomic mass is 9.81. The lowest BCUT2D eigenvalue weighted by molar-refractivity contribution is -0.183. The maximum atomic E-state index is 12.8. The average molecular weight is 229 g/mol. The van der Waals surface area contributed by atoms with E-state index in [1.807, 2.05) is 6.07 Å². The Kier molecular flexibility index (Phi) is 3.19. The van der Waals surface area contributed by atoms with Gasteiger partial charge in [0.15, 0.2) is 0 Å². The van der Waals surface area contributed by atoms with E-state index in [4.69, 9.17) is 0 Å². The lowest BCUT2D eigenvalue weighted by Crippen LogP contribution is -2.43. The van der Waals surface area contributed by atoms with Crippen LogP contribution in [0.4, 0.5) is 13.2 Å². The van der Waals surface area contributed by atoms with Crippen LogP contribution in [0.2, 0.25) is 0 Å². The second-order valence-corrected chi connectivity index (χ2v) is 4.16. The fourth-order valence-electron chi connectivity index (χ4n) is 2.30. The molecule has 1 aliphatic heterocycles. The molecular formula is C12H14F3N. The van der Waals surface area contributed by atoms with E-state index in [0.29, 0.717) is 13.0 Å². The first kappa shape index (κ1) is 11.5. The van der Waals surface area contributed by atoms with Crippen LogP contribution >= 0.6 is 0 Å². The van der Waals surface area contributed by atoms with Crippen LogP contribution in [0.5, 0.6) is 0 Å². The molecule has 1 aromatic carbocycles. The van der Waals surface area contributed by atoms with E-state index in [1.54, 1.807) is 24.3 Å². The highest BCUT2D eigenvalue weighted by Crippen LogP contribution is 2.40. The standard InChI is InChI=1S/C12H14F3N/c13-12(14,15)11-8-16-7-6-10(11)9-4-2-1-3-5-9/h1-5,10-11,16H,6-8H2/t10-,11-/m0/s1. The van der Waals surface area contributed by atoms with E-state index in [0.717, 1.165) is 5.56 Å². The van der Waals surface area contributed by atoms with Crippen molar-refractivity contribution in [1.29, 1.82) is 0 Å². The van der Waals surface area contributed by atoms with Crippen LogP contribution in [0.3, 0.4) is 0 Å². The van der Waals surface area contributed by atoms with Crippen molar-refractivity contribution in [2.75, 3.05) is 13.1 Å². The third-order valence-corrected chi connectivity index (χ3v) is 3.13. The molecule has 0 spiro atoms. The van der Waals surface area contributed by atoms with Gasteiger partial charge in [-0.2, -0.15) is 13.2 Å². The number of hydrogen-bond acceptors (Lipinski definition) is 1. The molecule has 0 aliphatic carbocycles. The topological polar surface area (TPSA) is 12.0 Å². The Morgan fingerprint density at radius 3 is 2.44 bits per heavy atom. The van der Waals surface area contributed by atoms with E-state index in [-0.39, 0.29) is 6.54 Å².